The Bertz CT molecular complexity index is 1230. The van der Waals surface area contributed by atoms with Crippen LogP contribution in [0.3, 0.4) is 0 Å². The molecule has 5 rings (SSSR count). The van der Waals surface area contributed by atoms with Crippen LogP contribution in [0.25, 0.3) is 0 Å². The molecule has 1 fully saturated rings. The monoisotopic (exact) mass is 443 g/mol. The van der Waals surface area contributed by atoms with Crippen LogP contribution in [0.1, 0.15) is 47.2 Å². The molecule has 162 valence electrons. The summed E-state index contributed by atoms with van der Waals surface area (Å²) < 4.78 is 4.01. The summed E-state index contributed by atoms with van der Waals surface area (Å²) in [7, 11) is 0. The Morgan fingerprint density at radius 1 is 1.03 bits per heavy atom. The molecule has 8 heteroatoms. The van der Waals surface area contributed by atoms with E-state index in [1.807, 2.05) is 23.0 Å². The van der Waals surface area contributed by atoms with Gasteiger partial charge >= 0.3 is 0 Å². The highest BCUT2D eigenvalue weighted by Crippen LogP contribution is 2.43. The molecule has 0 unspecified atom stereocenters. The highest BCUT2D eigenvalue weighted by atomic mass is 32.1. The lowest BCUT2D eigenvalue weighted by Gasteiger charge is -2.28. The molecule has 1 N–H and O–H groups in total. The van der Waals surface area contributed by atoms with Crippen molar-refractivity contribution < 1.29 is 0 Å². The molecular weight excluding hydrogens is 418 g/mol. The van der Waals surface area contributed by atoms with Crippen molar-refractivity contribution >= 4 is 23.0 Å². The second kappa shape index (κ2) is 8.20. The van der Waals surface area contributed by atoms with Gasteiger partial charge in [-0.25, -0.2) is 4.68 Å². The molecule has 1 saturated heterocycles. The molecule has 2 atom stereocenters. The summed E-state index contributed by atoms with van der Waals surface area (Å²) in [4.78, 5) is 6.87. The Balaban J connectivity index is 1.66. The number of nitrogens with zero attached hydrogens (tertiary/aromatic N) is 6. The molecule has 0 radical (unpaired) electrons. The quantitative estimate of drug-likeness (QED) is 0.468. The standard InChI is InChI=1S/C24H25N7S/c1-4-18-8-10-19(11-9-18)30-23(22(28-24(30)32)21-7-5-6-12-25-21)20-13-16(2)31(17(20)3)29-14-26-27-15-29/h5-15,22-23H,4H2,1-3H3,(H,28,32)/t22-,23-/m1/s1. The van der Waals surface area contributed by atoms with Gasteiger partial charge in [0.25, 0.3) is 0 Å². The Labute approximate surface area is 192 Å². The molecular formula is C24H25N7S. The number of anilines is 1. The lowest BCUT2D eigenvalue weighted by atomic mass is 9.96. The minimum Gasteiger partial charge on any atom is -0.351 e. The van der Waals surface area contributed by atoms with E-state index in [1.54, 1.807) is 12.7 Å². The normalized spacial score (nSPS) is 18.2. The van der Waals surface area contributed by atoms with Crippen LogP contribution in [0.15, 0.2) is 67.4 Å². The van der Waals surface area contributed by atoms with Gasteiger partial charge in [0, 0.05) is 28.8 Å². The number of thiocarbonyl (C=S) groups is 1. The first kappa shape index (κ1) is 20.4. The topological polar surface area (TPSA) is 63.8 Å². The largest absolute Gasteiger partial charge is 0.351 e. The number of benzene rings is 1. The number of hydrogen-bond donors (Lipinski definition) is 1. The summed E-state index contributed by atoms with van der Waals surface area (Å²) in [5.41, 5.74) is 6.71. The summed E-state index contributed by atoms with van der Waals surface area (Å²) in [5.74, 6) is 0. The Morgan fingerprint density at radius 3 is 2.44 bits per heavy atom. The fourth-order valence-electron chi connectivity index (χ4n) is 4.57. The molecule has 0 bridgehead atoms. The summed E-state index contributed by atoms with van der Waals surface area (Å²) in [5, 5.41) is 12.2. The predicted octanol–water partition coefficient (Wildman–Crippen LogP) is 4.14. The van der Waals surface area contributed by atoms with Crippen LogP contribution in [0.4, 0.5) is 5.69 Å². The molecule has 0 amide bonds. The summed E-state index contributed by atoms with van der Waals surface area (Å²) in [6.07, 6.45) is 6.25. The lowest BCUT2D eigenvalue weighted by molar-refractivity contribution is 0.557. The second-order valence-electron chi connectivity index (χ2n) is 8.00. The summed E-state index contributed by atoms with van der Waals surface area (Å²) in [6, 6.07) is 16.7. The average molecular weight is 444 g/mol. The molecule has 0 spiro atoms. The van der Waals surface area contributed by atoms with Gasteiger partial charge in [-0.1, -0.05) is 25.1 Å². The van der Waals surface area contributed by atoms with Gasteiger partial charge in [-0.15, -0.1) is 10.2 Å². The molecule has 0 saturated carbocycles. The van der Waals surface area contributed by atoms with Crippen LogP contribution in [-0.4, -0.2) is 29.6 Å². The van der Waals surface area contributed by atoms with Crippen molar-refractivity contribution in [2.45, 2.75) is 39.3 Å². The predicted molar refractivity (Wildman–Crippen MR) is 128 cm³/mol. The van der Waals surface area contributed by atoms with Crippen molar-refractivity contribution in [3.63, 3.8) is 0 Å². The van der Waals surface area contributed by atoms with E-state index in [-0.39, 0.29) is 12.1 Å². The third-order valence-corrected chi connectivity index (χ3v) is 6.43. The van der Waals surface area contributed by atoms with Crippen LogP contribution in [-0.2, 0) is 6.42 Å². The van der Waals surface area contributed by atoms with E-state index in [0.29, 0.717) is 5.11 Å². The number of rotatable bonds is 5. The van der Waals surface area contributed by atoms with Crippen molar-refractivity contribution in [2.24, 2.45) is 0 Å². The number of hydrogen-bond acceptors (Lipinski definition) is 4. The fourth-order valence-corrected chi connectivity index (χ4v) is 4.92. The van der Waals surface area contributed by atoms with Crippen molar-refractivity contribution in [1.82, 2.24) is 29.9 Å². The Hall–Kier alpha value is -3.52. The number of aryl methyl sites for hydroxylation is 2. The molecule has 1 aliphatic rings. The van der Waals surface area contributed by atoms with Gasteiger partial charge in [0.05, 0.1) is 17.8 Å². The molecule has 4 heterocycles. The maximum absolute atomic E-state index is 5.86. The summed E-state index contributed by atoms with van der Waals surface area (Å²) >= 11 is 5.86. The Kier molecular flexibility index (Phi) is 5.22. The smallest absolute Gasteiger partial charge is 0.174 e. The zero-order valence-corrected chi connectivity index (χ0v) is 19.1. The van der Waals surface area contributed by atoms with E-state index >= 15 is 0 Å². The number of pyridine rings is 1. The van der Waals surface area contributed by atoms with E-state index in [1.165, 1.54) is 11.1 Å². The molecule has 7 nitrogen and oxygen atoms in total. The molecule has 1 aromatic carbocycles. The van der Waals surface area contributed by atoms with E-state index in [9.17, 15) is 0 Å². The van der Waals surface area contributed by atoms with Crippen LogP contribution in [0.5, 0.6) is 0 Å². The van der Waals surface area contributed by atoms with Gasteiger partial charge in [0.2, 0.25) is 0 Å². The van der Waals surface area contributed by atoms with E-state index in [2.05, 4.69) is 87.2 Å². The van der Waals surface area contributed by atoms with Gasteiger partial charge < -0.3 is 10.2 Å². The average Bonchev–Trinajstić information content (AvgIpc) is 3.52. The molecule has 32 heavy (non-hydrogen) atoms. The highest BCUT2D eigenvalue weighted by molar-refractivity contribution is 7.80. The Morgan fingerprint density at radius 2 is 1.78 bits per heavy atom. The zero-order valence-electron chi connectivity index (χ0n) is 18.3. The first-order chi connectivity index (χ1) is 15.6. The summed E-state index contributed by atoms with van der Waals surface area (Å²) in [6.45, 7) is 6.38. The van der Waals surface area contributed by atoms with Crippen LogP contribution < -0.4 is 10.2 Å². The van der Waals surface area contributed by atoms with E-state index < -0.39 is 0 Å². The SMILES string of the molecule is CCc1ccc(N2C(=S)N[C@H](c3ccccn3)[C@H]2c2cc(C)n(-n3cnnc3)c2C)cc1. The maximum atomic E-state index is 5.86. The third kappa shape index (κ3) is 3.36. The first-order valence-corrected chi connectivity index (χ1v) is 11.1. The lowest BCUT2D eigenvalue weighted by Crippen LogP contribution is -2.29. The minimum atomic E-state index is -0.0792. The fraction of sp³-hybridized carbons (Fsp3) is 0.250. The maximum Gasteiger partial charge on any atom is 0.174 e. The van der Waals surface area contributed by atoms with Gasteiger partial charge in [-0.2, -0.15) is 0 Å². The van der Waals surface area contributed by atoms with Crippen molar-refractivity contribution in [3.05, 3.63) is 95.6 Å². The van der Waals surface area contributed by atoms with Crippen molar-refractivity contribution in [2.75, 3.05) is 4.90 Å². The molecule has 4 aromatic rings. The first-order valence-electron chi connectivity index (χ1n) is 10.7. The second-order valence-corrected chi connectivity index (χ2v) is 8.38. The molecule has 3 aromatic heterocycles. The number of nitrogens with one attached hydrogen (secondary N) is 1. The minimum absolute atomic E-state index is 0.0543. The van der Waals surface area contributed by atoms with Crippen LogP contribution >= 0.6 is 12.2 Å². The van der Waals surface area contributed by atoms with Gasteiger partial charge in [-0.3, -0.25) is 9.66 Å². The zero-order chi connectivity index (χ0) is 22.2. The van der Waals surface area contributed by atoms with Crippen LogP contribution in [0, 0.1) is 13.8 Å². The molecule has 1 aliphatic heterocycles. The van der Waals surface area contributed by atoms with E-state index in [4.69, 9.17) is 12.2 Å². The van der Waals surface area contributed by atoms with Gasteiger partial charge in [0.15, 0.2) is 5.11 Å². The highest BCUT2D eigenvalue weighted by Gasteiger charge is 2.42. The third-order valence-electron chi connectivity index (χ3n) is 6.11. The van der Waals surface area contributed by atoms with Crippen molar-refractivity contribution in [1.29, 1.82) is 0 Å². The molecule has 0 aliphatic carbocycles. The van der Waals surface area contributed by atoms with Crippen LogP contribution in [0.2, 0.25) is 0 Å². The van der Waals surface area contributed by atoms with Gasteiger partial charge in [0.1, 0.15) is 12.7 Å². The van der Waals surface area contributed by atoms with Gasteiger partial charge in [-0.05, 0) is 68.4 Å². The van der Waals surface area contributed by atoms with Crippen molar-refractivity contribution in [3.8, 4) is 0 Å². The van der Waals surface area contributed by atoms with E-state index in [0.717, 1.165) is 29.2 Å². The number of aromatic nitrogens is 5.